The number of benzene rings is 1. The molecular weight excluding hydrogens is 258 g/mol. The third kappa shape index (κ3) is 4.52. The molecule has 106 valence electrons. The molecule has 20 heavy (non-hydrogen) atoms. The highest BCUT2D eigenvalue weighted by Gasteiger charge is 2.09. The molecule has 0 saturated carbocycles. The third-order valence-electron chi connectivity index (χ3n) is 2.37. The standard InChI is InChI=1S/C13H17N5O2/c1-8(16-14)13(9(2)19)18-17-12-6-4-11(5-7-12)15-10(3)20/h4-7,17H,14H2,1-3H3,(H,15,20)/b16-8-,18-13+. The van der Waals surface area contributed by atoms with Gasteiger partial charge < -0.3 is 11.2 Å². The van der Waals surface area contributed by atoms with Crippen LogP contribution in [-0.4, -0.2) is 23.1 Å². The number of Topliss-reactive ketones (excluding diaryl/α,β-unsaturated/α-hetero) is 1. The van der Waals surface area contributed by atoms with Crippen LogP contribution in [0.15, 0.2) is 34.5 Å². The first-order valence-corrected chi connectivity index (χ1v) is 5.91. The van der Waals surface area contributed by atoms with Crippen molar-refractivity contribution in [1.29, 1.82) is 0 Å². The molecule has 1 aromatic rings. The average molecular weight is 275 g/mol. The Labute approximate surface area is 116 Å². The van der Waals surface area contributed by atoms with Gasteiger partial charge in [0.1, 0.15) is 5.71 Å². The Kier molecular flexibility index (Phi) is 5.40. The summed E-state index contributed by atoms with van der Waals surface area (Å²) in [7, 11) is 0. The molecule has 1 amide bonds. The van der Waals surface area contributed by atoms with Gasteiger partial charge in [-0.2, -0.15) is 10.2 Å². The number of amides is 1. The zero-order valence-electron chi connectivity index (χ0n) is 11.6. The van der Waals surface area contributed by atoms with Gasteiger partial charge in [0, 0.05) is 19.5 Å². The van der Waals surface area contributed by atoms with Crippen molar-refractivity contribution in [3.63, 3.8) is 0 Å². The molecule has 0 atom stereocenters. The SMILES string of the molecule is CC(=O)Nc1ccc(N/N=C(C(C)=O)\C(C)=N/N)cc1. The van der Waals surface area contributed by atoms with Crippen molar-refractivity contribution in [2.75, 3.05) is 10.7 Å². The maximum atomic E-state index is 11.4. The summed E-state index contributed by atoms with van der Waals surface area (Å²) in [5.74, 6) is 4.75. The average Bonchev–Trinajstić information content (AvgIpc) is 2.39. The third-order valence-corrected chi connectivity index (χ3v) is 2.37. The Morgan fingerprint density at radius 1 is 1.05 bits per heavy atom. The normalized spacial score (nSPS) is 11.9. The van der Waals surface area contributed by atoms with Crippen LogP contribution in [0.3, 0.4) is 0 Å². The zero-order chi connectivity index (χ0) is 15.1. The molecule has 7 heteroatoms. The van der Waals surface area contributed by atoms with Crippen LogP contribution in [0.1, 0.15) is 20.8 Å². The van der Waals surface area contributed by atoms with Gasteiger partial charge in [0.2, 0.25) is 5.91 Å². The highest BCUT2D eigenvalue weighted by molar-refractivity contribution is 6.66. The van der Waals surface area contributed by atoms with Crippen LogP contribution in [-0.2, 0) is 9.59 Å². The number of nitrogens with two attached hydrogens (primary N) is 1. The Morgan fingerprint density at radius 3 is 2.05 bits per heavy atom. The van der Waals surface area contributed by atoms with Crippen molar-refractivity contribution in [2.45, 2.75) is 20.8 Å². The second-order valence-electron chi connectivity index (χ2n) is 4.10. The zero-order valence-corrected chi connectivity index (χ0v) is 11.6. The Hall–Kier alpha value is -2.70. The lowest BCUT2D eigenvalue weighted by atomic mass is 10.2. The number of anilines is 2. The van der Waals surface area contributed by atoms with E-state index in [9.17, 15) is 9.59 Å². The summed E-state index contributed by atoms with van der Waals surface area (Å²) in [6.07, 6.45) is 0. The summed E-state index contributed by atoms with van der Waals surface area (Å²) in [6.45, 7) is 4.42. The van der Waals surface area contributed by atoms with Gasteiger partial charge in [0.05, 0.1) is 11.4 Å². The number of nitrogens with one attached hydrogen (secondary N) is 2. The fourth-order valence-corrected chi connectivity index (χ4v) is 1.43. The molecule has 0 saturated heterocycles. The molecule has 1 aromatic carbocycles. The van der Waals surface area contributed by atoms with E-state index >= 15 is 0 Å². The summed E-state index contributed by atoms with van der Waals surface area (Å²) in [4.78, 5) is 22.3. The molecule has 0 aliphatic carbocycles. The molecular formula is C13H17N5O2. The van der Waals surface area contributed by atoms with E-state index in [1.807, 2.05) is 0 Å². The van der Waals surface area contributed by atoms with Gasteiger partial charge >= 0.3 is 0 Å². The molecule has 0 unspecified atom stereocenters. The summed E-state index contributed by atoms with van der Waals surface area (Å²) < 4.78 is 0. The van der Waals surface area contributed by atoms with E-state index in [0.29, 0.717) is 17.1 Å². The molecule has 4 N–H and O–H groups in total. The highest BCUT2D eigenvalue weighted by atomic mass is 16.1. The van der Waals surface area contributed by atoms with Gasteiger partial charge in [-0.3, -0.25) is 15.0 Å². The first kappa shape index (κ1) is 15.4. The first-order chi connectivity index (χ1) is 9.43. The molecule has 0 heterocycles. The number of carbonyl (C=O) groups is 2. The van der Waals surface area contributed by atoms with Crippen LogP contribution in [0.5, 0.6) is 0 Å². The van der Waals surface area contributed by atoms with Crippen LogP contribution in [0.4, 0.5) is 11.4 Å². The molecule has 0 bridgehead atoms. The van der Waals surface area contributed by atoms with E-state index in [4.69, 9.17) is 5.84 Å². The van der Waals surface area contributed by atoms with E-state index in [0.717, 1.165) is 0 Å². The van der Waals surface area contributed by atoms with Crippen LogP contribution >= 0.6 is 0 Å². The van der Waals surface area contributed by atoms with E-state index in [2.05, 4.69) is 20.9 Å². The monoisotopic (exact) mass is 275 g/mol. The number of nitrogens with zero attached hydrogens (tertiary/aromatic N) is 2. The minimum Gasteiger partial charge on any atom is -0.326 e. The van der Waals surface area contributed by atoms with Gasteiger partial charge in [-0.05, 0) is 31.2 Å². The number of hydrogen-bond donors (Lipinski definition) is 3. The maximum absolute atomic E-state index is 11.4. The van der Waals surface area contributed by atoms with Crippen molar-refractivity contribution in [3.8, 4) is 0 Å². The largest absolute Gasteiger partial charge is 0.326 e. The van der Waals surface area contributed by atoms with Gasteiger partial charge in [0.25, 0.3) is 0 Å². The van der Waals surface area contributed by atoms with E-state index in [-0.39, 0.29) is 17.4 Å². The summed E-state index contributed by atoms with van der Waals surface area (Å²) >= 11 is 0. The lowest BCUT2D eigenvalue weighted by molar-refractivity contribution is -0.114. The molecule has 0 spiro atoms. The van der Waals surface area contributed by atoms with Crippen molar-refractivity contribution < 1.29 is 9.59 Å². The van der Waals surface area contributed by atoms with E-state index < -0.39 is 0 Å². The minimum absolute atomic E-state index is 0.141. The quantitative estimate of drug-likeness (QED) is 0.428. The summed E-state index contributed by atoms with van der Waals surface area (Å²) in [6, 6.07) is 6.88. The molecule has 0 aromatic heterocycles. The predicted octanol–water partition coefficient (Wildman–Crippen LogP) is 1.34. The smallest absolute Gasteiger partial charge is 0.221 e. The number of carbonyl (C=O) groups excluding carboxylic acids is 2. The van der Waals surface area contributed by atoms with Crippen molar-refractivity contribution >= 4 is 34.5 Å². The van der Waals surface area contributed by atoms with Crippen LogP contribution in [0.2, 0.25) is 0 Å². The maximum Gasteiger partial charge on any atom is 0.221 e. The first-order valence-electron chi connectivity index (χ1n) is 5.91. The molecule has 7 nitrogen and oxygen atoms in total. The van der Waals surface area contributed by atoms with E-state index in [1.165, 1.54) is 13.8 Å². The predicted molar refractivity (Wildman–Crippen MR) is 79.8 cm³/mol. The Morgan fingerprint density at radius 2 is 1.60 bits per heavy atom. The van der Waals surface area contributed by atoms with Crippen LogP contribution < -0.4 is 16.6 Å². The fraction of sp³-hybridized carbons (Fsp3) is 0.231. The number of hydrogen-bond acceptors (Lipinski definition) is 6. The molecule has 0 fully saturated rings. The van der Waals surface area contributed by atoms with Crippen molar-refractivity contribution in [2.24, 2.45) is 16.0 Å². The Balaban J connectivity index is 2.82. The van der Waals surface area contributed by atoms with Gasteiger partial charge in [0.15, 0.2) is 5.78 Å². The molecule has 1 rings (SSSR count). The van der Waals surface area contributed by atoms with Gasteiger partial charge in [-0.25, -0.2) is 0 Å². The lowest BCUT2D eigenvalue weighted by Crippen LogP contribution is -2.22. The van der Waals surface area contributed by atoms with Crippen molar-refractivity contribution in [1.82, 2.24) is 0 Å². The number of rotatable bonds is 5. The van der Waals surface area contributed by atoms with E-state index in [1.54, 1.807) is 31.2 Å². The van der Waals surface area contributed by atoms with Gasteiger partial charge in [-0.1, -0.05) is 0 Å². The van der Waals surface area contributed by atoms with Gasteiger partial charge in [-0.15, -0.1) is 0 Å². The molecule has 0 radical (unpaired) electrons. The number of hydrazone groups is 2. The minimum atomic E-state index is -0.237. The Bertz CT molecular complexity index is 561. The van der Waals surface area contributed by atoms with Crippen LogP contribution in [0, 0.1) is 0 Å². The molecule has 0 aliphatic rings. The topological polar surface area (TPSA) is 109 Å². The fourth-order valence-electron chi connectivity index (χ4n) is 1.43. The van der Waals surface area contributed by atoms with Crippen LogP contribution in [0.25, 0.3) is 0 Å². The lowest BCUT2D eigenvalue weighted by Gasteiger charge is -2.06. The summed E-state index contributed by atoms with van der Waals surface area (Å²) in [5.41, 5.74) is 4.60. The second-order valence-corrected chi connectivity index (χ2v) is 4.10. The second kappa shape index (κ2) is 7.03. The summed E-state index contributed by atoms with van der Waals surface area (Å²) in [5, 5.41) is 10.1. The van der Waals surface area contributed by atoms with Crippen molar-refractivity contribution in [3.05, 3.63) is 24.3 Å². The molecule has 0 aliphatic heterocycles. The highest BCUT2D eigenvalue weighted by Crippen LogP contribution is 2.13. The number of ketones is 1.